The summed E-state index contributed by atoms with van der Waals surface area (Å²) in [7, 11) is -2.44. The van der Waals surface area contributed by atoms with Crippen LogP contribution in [0.25, 0.3) is 0 Å². The minimum absolute atomic E-state index is 0.0160. The Morgan fingerprint density at radius 1 is 0.675 bits per heavy atom. The molecule has 0 aromatic heterocycles. The van der Waals surface area contributed by atoms with Gasteiger partial charge >= 0.3 is 11.9 Å². The highest BCUT2D eigenvalue weighted by atomic mass is 32.2. The van der Waals surface area contributed by atoms with Gasteiger partial charge in [-0.2, -0.15) is 8.42 Å². The van der Waals surface area contributed by atoms with Gasteiger partial charge in [-0.3, -0.25) is 13.8 Å². The number of ether oxygens (including phenoxy) is 2. The Morgan fingerprint density at radius 2 is 1.12 bits per heavy atom. The van der Waals surface area contributed by atoms with Crippen LogP contribution in [0.15, 0.2) is 77.7 Å². The van der Waals surface area contributed by atoms with Gasteiger partial charge in [0, 0.05) is 6.42 Å². The lowest BCUT2D eigenvalue weighted by atomic mass is 9.84. The van der Waals surface area contributed by atoms with Crippen LogP contribution in [0.2, 0.25) is 0 Å². The van der Waals surface area contributed by atoms with Crippen LogP contribution in [-0.4, -0.2) is 40.7 Å². The molecule has 214 valence electrons. The maximum absolute atomic E-state index is 12.9. The molecule has 0 aliphatic heterocycles. The number of hydrogen-bond donors (Lipinski definition) is 0. The predicted octanol–water partition coefficient (Wildman–Crippen LogP) is 5.46. The smallest absolute Gasteiger partial charge is 0.315 e. The predicted molar refractivity (Wildman–Crippen MR) is 154 cm³/mol. The number of rotatable bonds is 12. The Kier molecular flexibility index (Phi) is 9.92. The van der Waals surface area contributed by atoms with Gasteiger partial charge in [0.05, 0.1) is 36.0 Å². The van der Waals surface area contributed by atoms with Gasteiger partial charge in [0.1, 0.15) is 0 Å². The van der Waals surface area contributed by atoms with E-state index in [1.165, 1.54) is 19.2 Å². The van der Waals surface area contributed by atoms with E-state index >= 15 is 0 Å². The molecule has 3 aromatic rings. The van der Waals surface area contributed by atoms with E-state index < -0.39 is 20.9 Å². The Morgan fingerprint density at radius 3 is 1.60 bits per heavy atom. The lowest BCUT2D eigenvalue weighted by molar-refractivity contribution is -0.149. The van der Waals surface area contributed by atoms with Gasteiger partial charge in [-0.1, -0.05) is 66.2 Å². The molecule has 40 heavy (non-hydrogen) atoms. The zero-order valence-electron chi connectivity index (χ0n) is 24.0. The number of carbonyl (C=O) groups is 2. The van der Waals surface area contributed by atoms with Gasteiger partial charge in [0.2, 0.25) is 0 Å². The van der Waals surface area contributed by atoms with E-state index in [-0.39, 0.29) is 30.0 Å². The summed E-state index contributed by atoms with van der Waals surface area (Å²) in [6.45, 7) is 9.38. The van der Waals surface area contributed by atoms with Crippen LogP contribution < -0.4 is 0 Å². The van der Waals surface area contributed by atoms with Crippen LogP contribution in [0.3, 0.4) is 0 Å². The van der Waals surface area contributed by atoms with Gasteiger partial charge in [-0.25, -0.2) is 0 Å². The number of hydrogen-bond acceptors (Lipinski definition) is 7. The fourth-order valence-electron chi connectivity index (χ4n) is 4.15. The van der Waals surface area contributed by atoms with E-state index in [1.54, 1.807) is 12.1 Å². The Balaban J connectivity index is 1.50. The van der Waals surface area contributed by atoms with Crippen molar-refractivity contribution >= 4 is 22.1 Å². The van der Waals surface area contributed by atoms with Gasteiger partial charge < -0.3 is 9.47 Å². The highest BCUT2D eigenvalue weighted by molar-refractivity contribution is 7.86. The molecular weight excluding hydrogens is 528 g/mol. The summed E-state index contributed by atoms with van der Waals surface area (Å²) < 4.78 is 40.4. The minimum atomic E-state index is -3.81. The SMILES string of the molecule is COC(=O)C(C)(C)c1ccc(CCOC(=O)C(C)(C)c2ccc(CCOS(=O)(=O)c3ccc(C)cc3)cc2)cc1. The summed E-state index contributed by atoms with van der Waals surface area (Å²) in [4.78, 5) is 25.1. The zero-order chi connectivity index (χ0) is 29.6. The van der Waals surface area contributed by atoms with E-state index in [1.807, 2.05) is 83.1 Å². The molecule has 3 aromatic carbocycles. The van der Waals surface area contributed by atoms with Gasteiger partial charge in [-0.15, -0.1) is 0 Å². The van der Waals surface area contributed by atoms with Crippen LogP contribution >= 0.6 is 0 Å². The number of benzene rings is 3. The van der Waals surface area contributed by atoms with Crippen LogP contribution in [0.5, 0.6) is 0 Å². The molecule has 0 fully saturated rings. The molecule has 3 rings (SSSR count). The molecule has 0 amide bonds. The first-order chi connectivity index (χ1) is 18.8. The second kappa shape index (κ2) is 12.8. The van der Waals surface area contributed by atoms with Crippen LogP contribution in [0.1, 0.15) is 55.5 Å². The molecular formula is C32H38O7S. The Labute approximate surface area is 237 Å². The van der Waals surface area contributed by atoms with Gasteiger partial charge in [0.15, 0.2) is 0 Å². The van der Waals surface area contributed by atoms with Crippen molar-refractivity contribution in [2.45, 2.75) is 63.2 Å². The number of esters is 2. The molecule has 0 heterocycles. The van der Waals surface area contributed by atoms with Crippen LogP contribution in [-0.2, 0) is 57.0 Å². The van der Waals surface area contributed by atoms with E-state index in [0.29, 0.717) is 12.8 Å². The third kappa shape index (κ3) is 7.58. The van der Waals surface area contributed by atoms with Crippen LogP contribution in [0.4, 0.5) is 0 Å². The fourth-order valence-corrected chi connectivity index (χ4v) is 5.06. The maximum atomic E-state index is 12.9. The first-order valence-electron chi connectivity index (χ1n) is 13.2. The lowest BCUT2D eigenvalue weighted by Crippen LogP contribution is -2.31. The van der Waals surface area contributed by atoms with Crippen molar-refractivity contribution in [3.8, 4) is 0 Å². The van der Waals surface area contributed by atoms with E-state index in [0.717, 1.165) is 27.8 Å². The number of methoxy groups -OCH3 is 1. The highest BCUT2D eigenvalue weighted by Gasteiger charge is 2.32. The van der Waals surface area contributed by atoms with Crippen LogP contribution in [0, 0.1) is 6.92 Å². The lowest BCUT2D eigenvalue weighted by Gasteiger charge is -2.24. The van der Waals surface area contributed by atoms with Crippen molar-refractivity contribution in [3.05, 3.63) is 101 Å². The molecule has 0 radical (unpaired) electrons. The van der Waals surface area contributed by atoms with Gasteiger partial charge in [0.25, 0.3) is 10.1 Å². The third-order valence-corrected chi connectivity index (χ3v) is 8.45. The largest absolute Gasteiger partial charge is 0.468 e. The summed E-state index contributed by atoms with van der Waals surface area (Å²) in [5, 5.41) is 0. The van der Waals surface area contributed by atoms with E-state index in [9.17, 15) is 18.0 Å². The van der Waals surface area contributed by atoms with Gasteiger partial charge in [-0.05, 0) is 75.4 Å². The summed E-state index contributed by atoms with van der Waals surface area (Å²) in [6.07, 6.45) is 0.955. The average Bonchev–Trinajstić information content (AvgIpc) is 2.93. The molecule has 0 aliphatic rings. The first-order valence-corrected chi connectivity index (χ1v) is 14.6. The van der Waals surface area contributed by atoms with E-state index in [2.05, 4.69) is 0 Å². The maximum Gasteiger partial charge on any atom is 0.315 e. The van der Waals surface area contributed by atoms with Crippen molar-refractivity contribution in [1.29, 1.82) is 0 Å². The second-order valence-electron chi connectivity index (χ2n) is 10.9. The van der Waals surface area contributed by atoms with Crippen molar-refractivity contribution < 1.29 is 31.7 Å². The minimum Gasteiger partial charge on any atom is -0.468 e. The van der Waals surface area contributed by atoms with Crippen molar-refractivity contribution in [2.24, 2.45) is 0 Å². The zero-order valence-corrected chi connectivity index (χ0v) is 24.8. The summed E-state index contributed by atoms with van der Waals surface area (Å²) >= 11 is 0. The standard InChI is InChI=1S/C32H38O7S/c1-23-7-17-28(18-8-23)40(35,36)39-22-20-25-11-15-27(16-12-25)32(4,5)30(34)38-21-19-24-9-13-26(14-10-24)31(2,3)29(33)37-6/h7-18H,19-22H2,1-6H3. The number of carbonyl (C=O) groups excluding carboxylic acids is 2. The Hall–Kier alpha value is -3.49. The quantitative estimate of drug-likeness (QED) is 0.212. The number of aryl methyl sites for hydroxylation is 1. The molecule has 0 spiro atoms. The summed E-state index contributed by atoms with van der Waals surface area (Å²) in [6, 6.07) is 21.6. The molecule has 0 bridgehead atoms. The first kappa shape index (κ1) is 31.0. The molecule has 8 heteroatoms. The van der Waals surface area contributed by atoms with Crippen molar-refractivity contribution in [2.75, 3.05) is 20.3 Å². The molecule has 0 N–H and O–H groups in total. The van der Waals surface area contributed by atoms with Crippen molar-refractivity contribution in [1.82, 2.24) is 0 Å². The normalized spacial score (nSPS) is 12.2. The summed E-state index contributed by atoms with van der Waals surface area (Å²) in [5.41, 5.74) is 2.90. The highest BCUT2D eigenvalue weighted by Crippen LogP contribution is 2.27. The molecule has 0 saturated carbocycles. The monoisotopic (exact) mass is 566 g/mol. The molecule has 0 atom stereocenters. The molecule has 0 aliphatic carbocycles. The topological polar surface area (TPSA) is 96.0 Å². The second-order valence-corrected chi connectivity index (χ2v) is 12.5. The molecule has 7 nitrogen and oxygen atoms in total. The Bertz CT molecular complexity index is 1400. The third-order valence-electron chi connectivity index (χ3n) is 7.12. The molecule has 0 unspecified atom stereocenters. The van der Waals surface area contributed by atoms with Crippen molar-refractivity contribution in [3.63, 3.8) is 0 Å². The summed E-state index contributed by atoms with van der Waals surface area (Å²) in [5.74, 6) is -0.639. The average molecular weight is 567 g/mol. The molecule has 0 saturated heterocycles. The van der Waals surface area contributed by atoms with E-state index in [4.69, 9.17) is 13.7 Å². The fraction of sp³-hybridized carbons (Fsp3) is 0.375.